The van der Waals surface area contributed by atoms with Gasteiger partial charge in [-0.3, -0.25) is 4.98 Å². The molecule has 0 saturated carbocycles. The minimum Gasteiger partial charge on any atom is -0.455 e. The van der Waals surface area contributed by atoms with Crippen LogP contribution in [-0.2, 0) is 0 Å². The molecule has 0 amide bonds. The van der Waals surface area contributed by atoms with Crippen LogP contribution in [0.1, 0.15) is 0 Å². The largest absolute Gasteiger partial charge is 0.455 e. The second kappa shape index (κ2) is 9.40. The smallest absolute Gasteiger partial charge is 0.143 e. The van der Waals surface area contributed by atoms with Crippen LogP contribution in [-0.4, -0.2) is 4.98 Å². The van der Waals surface area contributed by atoms with Crippen LogP contribution in [0.3, 0.4) is 0 Å². The first-order chi connectivity index (χ1) is 21.3. The van der Waals surface area contributed by atoms with Crippen molar-refractivity contribution in [2.24, 2.45) is 0 Å². The molecule has 2 aromatic heterocycles. The molecule has 0 aliphatic rings. The van der Waals surface area contributed by atoms with Crippen molar-refractivity contribution in [3.05, 3.63) is 152 Å². The van der Waals surface area contributed by atoms with E-state index in [-0.39, 0.29) is 0 Å². The standard InChI is InChI=1S/C41H25NO/c1-2-12-27(13-3-1)38-30-15-6-8-17-32(30)39(33-18-9-7-16-31(33)38)28-22-24-36(42-25-28)34-19-10-20-37-40(34)35-23-21-26-11-4-5-14-29(26)41(35)43-37/h1-25H. The maximum Gasteiger partial charge on any atom is 0.143 e. The Morgan fingerprint density at radius 3 is 1.72 bits per heavy atom. The monoisotopic (exact) mass is 547 g/mol. The van der Waals surface area contributed by atoms with Gasteiger partial charge in [-0.2, -0.15) is 0 Å². The molecule has 2 heterocycles. The average molecular weight is 548 g/mol. The molecule has 2 heteroatoms. The lowest BCUT2D eigenvalue weighted by Gasteiger charge is -2.17. The normalized spacial score (nSPS) is 11.7. The second-order valence-electron chi connectivity index (χ2n) is 11.1. The SMILES string of the molecule is c1ccc(-c2c3ccccc3c(-c3ccc(-c4cccc5oc6c7ccccc7ccc6c45)nc3)c3ccccc23)cc1. The Bertz CT molecular complexity index is 2430. The van der Waals surface area contributed by atoms with E-state index in [2.05, 4.69) is 146 Å². The van der Waals surface area contributed by atoms with Gasteiger partial charge >= 0.3 is 0 Å². The van der Waals surface area contributed by atoms with Crippen molar-refractivity contribution in [1.29, 1.82) is 0 Å². The summed E-state index contributed by atoms with van der Waals surface area (Å²) in [5.74, 6) is 0. The molecule has 0 saturated heterocycles. The molecule has 0 fully saturated rings. The Morgan fingerprint density at radius 2 is 1.05 bits per heavy atom. The topological polar surface area (TPSA) is 26.0 Å². The van der Waals surface area contributed by atoms with Gasteiger partial charge in [0.2, 0.25) is 0 Å². The molecule has 0 atom stereocenters. The average Bonchev–Trinajstić information content (AvgIpc) is 3.47. The number of nitrogens with zero attached hydrogens (tertiary/aromatic N) is 1. The van der Waals surface area contributed by atoms with Crippen molar-refractivity contribution in [2.45, 2.75) is 0 Å². The maximum absolute atomic E-state index is 6.44. The number of furan rings is 1. The highest BCUT2D eigenvalue weighted by Crippen LogP contribution is 2.44. The predicted molar refractivity (Wildman–Crippen MR) is 180 cm³/mol. The molecular weight excluding hydrogens is 522 g/mol. The molecule has 0 unspecified atom stereocenters. The summed E-state index contributed by atoms with van der Waals surface area (Å²) in [6.45, 7) is 0. The van der Waals surface area contributed by atoms with Gasteiger partial charge in [0, 0.05) is 33.5 Å². The van der Waals surface area contributed by atoms with E-state index in [9.17, 15) is 0 Å². The fraction of sp³-hybridized carbons (Fsp3) is 0. The molecule has 0 aliphatic carbocycles. The van der Waals surface area contributed by atoms with Crippen LogP contribution in [0.2, 0.25) is 0 Å². The highest BCUT2D eigenvalue weighted by molar-refractivity contribution is 6.22. The van der Waals surface area contributed by atoms with Crippen molar-refractivity contribution in [1.82, 2.24) is 4.98 Å². The summed E-state index contributed by atoms with van der Waals surface area (Å²) in [5.41, 5.74) is 8.62. The van der Waals surface area contributed by atoms with Crippen molar-refractivity contribution >= 4 is 54.3 Å². The third-order valence-electron chi connectivity index (χ3n) is 8.71. The van der Waals surface area contributed by atoms with Crippen LogP contribution >= 0.6 is 0 Å². The van der Waals surface area contributed by atoms with Gasteiger partial charge in [0.1, 0.15) is 11.2 Å². The first-order valence-electron chi connectivity index (χ1n) is 14.6. The van der Waals surface area contributed by atoms with Crippen LogP contribution in [0.15, 0.2) is 156 Å². The summed E-state index contributed by atoms with van der Waals surface area (Å²) in [7, 11) is 0. The van der Waals surface area contributed by atoms with Crippen molar-refractivity contribution in [3.63, 3.8) is 0 Å². The van der Waals surface area contributed by atoms with Crippen LogP contribution in [0.4, 0.5) is 0 Å². The Balaban J connectivity index is 1.25. The summed E-state index contributed by atoms with van der Waals surface area (Å²) in [6.07, 6.45) is 2.03. The molecule has 0 bridgehead atoms. The predicted octanol–water partition coefficient (Wildman–Crippen LogP) is 11.4. The van der Waals surface area contributed by atoms with Crippen molar-refractivity contribution in [2.75, 3.05) is 0 Å². The van der Waals surface area contributed by atoms with Gasteiger partial charge in [0.05, 0.1) is 5.69 Å². The van der Waals surface area contributed by atoms with Crippen LogP contribution < -0.4 is 0 Å². The summed E-state index contributed by atoms with van der Waals surface area (Å²) >= 11 is 0. The van der Waals surface area contributed by atoms with Crippen molar-refractivity contribution in [3.8, 4) is 33.5 Å². The van der Waals surface area contributed by atoms with E-state index in [1.54, 1.807) is 0 Å². The van der Waals surface area contributed by atoms with E-state index >= 15 is 0 Å². The number of pyridine rings is 1. The van der Waals surface area contributed by atoms with Gasteiger partial charge in [0.15, 0.2) is 0 Å². The number of fused-ring (bicyclic) bond motifs is 7. The zero-order chi connectivity index (χ0) is 28.3. The van der Waals surface area contributed by atoms with Gasteiger partial charge < -0.3 is 4.42 Å². The first kappa shape index (κ1) is 23.9. The highest BCUT2D eigenvalue weighted by Gasteiger charge is 2.18. The van der Waals surface area contributed by atoms with Gasteiger partial charge in [-0.15, -0.1) is 0 Å². The van der Waals surface area contributed by atoms with Gasteiger partial charge in [-0.25, -0.2) is 0 Å². The second-order valence-corrected chi connectivity index (χ2v) is 11.1. The van der Waals surface area contributed by atoms with E-state index in [4.69, 9.17) is 9.40 Å². The molecule has 0 aliphatic heterocycles. The highest BCUT2D eigenvalue weighted by atomic mass is 16.3. The lowest BCUT2D eigenvalue weighted by Crippen LogP contribution is -1.92. The fourth-order valence-corrected chi connectivity index (χ4v) is 6.82. The Morgan fingerprint density at radius 1 is 0.419 bits per heavy atom. The number of benzene rings is 7. The number of rotatable bonds is 3. The molecular formula is C41H25NO. The quantitative estimate of drug-likeness (QED) is 0.206. The first-order valence-corrected chi connectivity index (χ1v) is 14.6. The number of hydrogen-bond donors (Lipinski definition) is 0. The summed E-state index contributed by atoms with van der Waals surface area (Å²) in [6, 6.07) is 51.5. The Labute approximate surface area is 248 Å². The van der Waals surface area contributed by atoms with E-state index in [0.717, 1.165) is 44.1 Å². The summed E-state index contributed by atoms with van der Waals surface area (Å²) in [4.78, 5) is 5.08. The zero-order valence-electron chi connectivity index (χ0n) is 23.3. The van der Waals surface area contributed by atoms with Crippen LogP contribution in [0.25, 0.3) is 87.8 Å². The number of hydrogen-bond acceptors (Lipinski definition) is 2. The molecule has 200 valence electrons. The van der Waals surface area contributed by atoms with E-state index in [1.165, 1.54) is 43.6 Å². The van der Waals surface area contributed by atoms with E-state index < -0.39 is 0 Å². The summed E-state index contributed by atoms with van der Waals surface area (Å²) < 4.78 is 6.44. The fourth-order valence-electron chi connectivity index (χ4n) is 6.82. The molecule has 2 nitrogen and oxygen atoms in total. The maximum atomic E-state index is 6.44. The van der Waals surface area contributed by atoms with Crippen LogP contribution in [0, 0.1) is 0 Å². The van der Waals surface area contributed by atoms with E-state index in [0.29, 0.717) is 0 Å². The number of aromatic nitrogens is 1. The Hall–Kier alpha value is -5.73. The molecule has 9 aromatic rings. The molecule has 43 heavy (non-hydrogen) atoms. The van der Waals surface area contributed by atoms with Crippen molar-refractivity contribution < 1.29 is 4.42 Å². The molecule has 7 aromatic carbocycles. The molecule has 9 rings (SSSR count). The van der Waals surface area contributed by atoms with Crippen LogP contribution in [0.5, 0.6) is 0 Å². The molecule has 0 N–H and O–H groups in total. The zero-order valence-corrected chi connectivity index (χ0v) is 23.3. The lowest BCUT2D eigenvalue weighted by molar-refractivity contribution is 0.673. The minimum atomic E-state index is 0.878. The Kier molecular flexibility index (Phi) is 5.23. The van der Waals surface area contributed by atoms with E-state index in [1.807, 2.05) is 6.20 Å². The third-order valence-corrected chi connectivity index (χ3v) is 8.71. The van der Waals surface area contributed by atoms with Gasteiger partial charge in [0.25, 0.3) is 0 Å². The summed E-state index contributed by atoms with van der Waals surface area (Å²) in [5, 5.41) is 9.46. The molecule has 0 spiro atoms. The lowest BCUT2D eigenvalue weighted by atomic mass is 9.86. The third kappa shape index (κ3) is 3.63. The van der Waals surface area contributed by atoms with Gasteiger partial charge in [-0.05, 0) is 61.8 Å². The minimum absolute atomic E-state index is 0.878. The van der Waals surface area contributed by atoms with Gasteiger partial charge in [-0.1, -0.05) is 127 Å². The molecule has 0 radical (unpaired) electrons.